The number of hydrogen-bond donors (Lipinski definition) is 0. The Balaban J connectivity index is 4.10. The van der Waals surface area contributed by atoms with Crippen LogP contribution in [0.15, 0.2) is 0 Å². The summed E-state index contributed by atoms with van der Waals surface area (Å²) in [6, 6.07) is 0.0814. The minimum Gasteiger partial charge on any atom is -0.304 e. The molecule has 0 N–H and O–H groups in total. The highest BCUT2D eigenvalue weighted by Crippen LogP contribution is 2.20. The molecule has 0 rings (SSSR count). The Kier molecular flexibility index (Phi) is 6.19. The second-order valence-corrected chi connectivity index (χ2v) is 5.69. The van der Waals surface area contributed by atoms with Crippen LogP contribution in [0.3, 0.4) is 0 Å². The highest BCUT2D eigenvalue weighted by atomic mass is 16.1. The van der Waals surface area contributed by atoms with Gasteiger partial charge in [0.1, 0.15) is 5.78 Å². The largest absolute Gasteiger partial charge is 0.304 e. The number of hydrogen-bond acceptors (Lipinski definition) is 3. The molecule has 3 heteroatoms. The van der Waals surface area contributed by atoms with E-state index in [-0.39, 0.29) is 17.4 Å². The van der Waals surface area contributed by atoms with Crippen molar-refractivity contribution < 1.29 is 4.79 Å². The summed E-state index contributed by atoms with van der Waals surface area (Å²) in [6.07, 6.45) is 3.17. The fraction of sp³-hybridized carbons (Fsp3) is 0.923. The van der Waals surface area contributed by atoms with Crippen molar-refractivity contribution in [3.8, 4) is 0 Å². The van der Waals surface area contributed by atoms with Crippen molar-refractivity contribution >= 4 is 5.78 Å². The van der Waals surface area contributed by atoms with E-state index in [0.717, 1.165) is 19.3 Å². The van der Waals surface area contributed by atoms with Gasteiger partial charge in [-0.3, -0.25) is 9.69 Å². The van der Waals surface area contributed by atoms with Gasteiger partial charge in [-0.2, -0.15) is 0 Å². The average Bonchev–Trinajstić information content (AvgIpc) is 2.10. The smallest absolute Gasteiger partial charge is 0.146 e. The van der Waals surface area contributed by atoms with Crippen molar-refractivity contribution in [2.45, 2.75) is 51.6 Å². The van der Waals surface area contributed by atoms with E-state index in [1.165, 1.54) is 0 Å². The first-order valence-electron chi connectivity index (χ1n) is 6.03. The number of carbonyl (C=O) groups excluding carboxylic acids is 1. The van der Waals surface area contributed by atoms with Gasteiger partial charge >= 0.3 is 0 Å². The van der Waals surface area contributed by atoms with Crippen LogP contribution < -0.4 is 0 Å². The molecule has 0 saturated carbocycles. The lowest BCUT2D eigenvalue weighted by atomic mass is 9.93. The van der Waals surface area contributed by atoms with Crippen molar-refractivity contribution in [3.05, 3.63) is 0 Å². The third kappa shape index (κ3) is 5.08. The van der Waals surface area contributed by atoms with Crippen molar-refractivity contribution in [3.63, 3.8) is 0 Å². The topological polar surface area (TPSA) is 23.6 Å². The van der Waals surface area contributed by atoms with Crippen LogP contribution in [0.4, 0.5) is 0 Å². The van der Waals surface area contributed by atoms with E-state index in [9.17, 15) is 4.79 Å². The maximum absolute atomic E-state index is 11.4. The molecule has 3 nitrogen and oxygen atoms in total. The molecule has 0 aliphatic rings. The lowest BCUT2D eigenvalue weighted by Crippen LogP contribution is -2.39. The molecule has 0 aliphatic carbocycles. The van der Waals surface area contributed by atoms with Crippen molar-refractivity contribution in [2.24, 2.45) is 0 Å². The lowest BCUT2D eigenvalue weighted by Gasteiger charge is -2.33. The third-order valence-corrected chi connectivity index (χ3v) is 3.57. The molecule has 0 aliphatic heterocycles. The van der Waals surface area contributed by atoms with Gasteiger partial charge in [-0.15, -0.1) is 0 Å². The number of ketones is 1. The zero-order valence-corrected chi connectivity index (χ0v) is 12.0. The number of carbonyl (C=O) groups is 1. The second kappa shape index (κ2) is 6.36. The van der Waals surface area contributed by atoms with Crippen LogP contribution in [0.2, 0.25) is 0 Å². The molecule has 0 aromatic rings. The van der Waals surface area contributed by atoms with Gasteiger partial charge in [0.05, 0.1) is 6.04 Å². The Bertz CT molecular complexity index is 222. The van der Waals surface area contributed by atoms with Crippen molar-refractivity contribution in [1.82, 2.24) is 9.80 Å². The van der Waals surface area contributed by atoms with Crippen molar-refractivity contribution in [1.29, 1.82) is 0 Å². The maximum Gasteiger partial charge on any atom is 0.146 e. The van der Waals surface area contributed by atoms with Gasteiger partial charge in [-0.1, -0.05) is 0 Å². The van der Waals surface area contributed by atoms with Gasteiger partial charge in [0.25, 0.3) is 0 Å². The fourth-order valence-electron chi connectivity index (χ4n) is 1.78. The van der Waals surface area contributed by atoms with E-state index in [1.54, 1.807) is 6.92 Å². The van der Waals surface area contributed by atoms with Gasteiger partial charge < -0.3 is 4.90 Å². The van der Waals surface area contributed by atoms with Crippen LogP contribution in [0.25, 0.3) is 0 Å². The van der Waals surface area contributed by atoms with Gasteiger partial charge in [0, 0.05) is 5.54 Å². The summed E-state index contributed by atoms with van der Waals surface area (Å²) in [6.45, 7) is 6.17. The number of likely N-dealkylation sites (N-methyl/N-ethyl adjacent to an activating group) is 1. The monoisotopic (exact) mass is 228 g/mol. The summed E-state index contributed by atoms with van der Waals surface area (Å²) in [4.78, 5) is 15.7. The number of nitrogens with zero attached hydrogens (tertiary/aromatic N) is 2. The Labute approximate surface area is 101 Å². The minimum atomic E-state index is 0.0814. The fourth-order valence-corrected chi connectivity index (χ4v) is 1.78. The second-order valence-electron chi connectivity index (χ2n) is 5.69. The first-order chi connectivity index (χ1) is 7.18. The highest BCUT2D eigenvalue weighted by molar-refractivity contribution is 5.81. The lowest BCUT2D eigenvalue weighted by molar-refractivity contribution is -0.121. The summed E-state index contributed by atoms with van der Waals surface area (Å²) in [5.41, 5.74) is 0.216. The third-order valence-electron chi connectivity index (χ3n) is 3.57. The quantitative estimate of drug-likeness (QED) is 0.666. The summed E-state index contributed by atoms with van der Waals surface area (Å²) in [7, 11) is 8.16. The summed E-state index contributed by atoms with van der Waals surface area (Å²) in [5.74, 6) is 0.271. The summed E-state index contributed by atoms with van der Waals surface area (Å²) in [5, 5.41) is 0. The van der Waals surface area contributed by atoms with Crippen LogP contribution in [0.1, 0.15) is 40.0 Å². The summed E-state index contributed by atoms with van der Waals surface area (Å²) < 4.78 is 0. The van der Waals surface area contributed by atoms with Crippen LogP contribution in [0.5, 0.6) is 0 Å². The van der Waals surface area contributed by atoms with Gasteiger partial charge in [0.2, 0.25) is 0 Å². The van der Waals surface area contributed by atoms with Crippen LogP contribution in [-0.2, 0) is 4.79 Å². The molecule has 1 unspecified atom stereocenters. The Morgan fingerprint density at radius 3 is 2.00 bits per heavy atom. The van der Waals surface area contributed by atoms with Crippen molar-refractivity contribution in [2.75, 3.05) is 28.2 Å². The minimum absolute atomic E-state index is 0.0814. The molecule has 0 saturated heterocycles. The van der Waals surface area contributed by atoms with Crippen LogP contribution >= 0.6 is 0 Å². The molecule has 0 bridgehead atoms. The van der Waals surface area contributed by atoms with E-state index in [4.69, 9.17) is 0 Å². The standard InChI is InChI=1S/C13H28N2O/c1-11(16)12(14(4)5)9-8-10-13(2,3)15(6)7/h12H,8-10H2,1-7H3. The molecule has 16 heavy (non-hydrogen) atoms. The first kappa shape index (κ1) is 15.6. The van der Waals surface area contributed by atoms with Crippen LogP contribution in [0, 0.1) is 0 Å². The zero-order valence-electron chi connectivity index (χ0n) is 12.0. The van der Waals surface area contributed by atoms with E-state index in [0.29, 0.717) is 0 Å². The SMILES string of the molecule is CC(=O)C(CCCC(C)(C)N(C)C)N(C)C. The predicted octanol–water partition coefficient (Wildman–Crippen LogP) is 2.02. The van der Waals surface area contributed by atoms with Gasteiger partial charge in [0.15, 0.2) is 0 Å². The molecule has 0 aromatic heterocycles. The molecule has 1 atom stereocenters. The Morgan fingerprint density at radius 1 is 1.19 bits per heavy atom. The molecule has 0 spiro atoms. The number of rotatable bonds is 7. The molecule has 0 radical (unpaired) electrons. The maximum atomic E-state index is 11.4. The molecular weight excluding hydrogens is 200 g/mol. The average molecular weight is 228 g/mol. The van der Waals surface area contributed by atoms with E-state index >= 15 is 0 Å². The number of Topliss-reactive ketones (excluding diaryl/α,β-unsaturated/α-hetero) is 1. The van der Waals surface area contributed by atoms with Gasteiger partial charge in [-0.05, 0) is 68.2 Å². The Morgan fingerprint density at radius 2 is 1.69 bits per heavy atom. The summed E-state index contributed by atoms with van der Waals surface area (Å²) >= 11 is 0. The van der Waals surface area contributed by atoms with E-state index in [2.05, 4.69) is 32.8 Å². The molecule has 0 fully saturated rings. The van der Waals surface area contributed by atoms with Gasteiger partial charge in [-0.25, -0.2) is 0 Å². The van der Waals surface area contributed by atoms with Crippen LogP contribution in [-0.4, -0.2) is 55.4 Å². The molecule has 0 heterocycles. The first-order valence-corrected chi connectivity index (χ1v) is 6.03. The van der Waals surface area contributed by atoms with E-state index < -0.39 is 0 Å². The predicted molar refractivity (Wildman–Crippen MR) is 69.8 cm³/mol. The zero-order chi connectivity index (χ0) is 12.9. The van der Waals surface area contributed by atoms with E-state index in [1.807, 2.05) is 19.0 Å². The molecule has 0 aromatic carbocycles. The molecule has 0 amide bonds. The Hall–Kier alpha value is -0.410. The molecule has 96 valence electrons. The molecular formula is C13H28N2O. The highest BCUT2D eigenvalue weighted by Gasteiger charge is 2.22. The normalized spacial score (nSPS) is 14.6.